The van der Waals surface area contributed by atoms with Crippen LogP contribution in [-0.4, -0.2) is 37.5 Å². The van der Waals surface area contributed by atoms with Gasteiger partial charge in [0.1, 0.15) is 12.0 Å². The van der Waals surface area contributed by atoms with Crippen molar-refractivity contribution in [1.29, 1.82) is 0 Å². The topological polar surface area (TPSA) is 126 Å². The molecule has 1 heterocycles. The summed E-state index contributed by atoms with van der Waals surface area (Å²) in [6.07, 6.45) is 1.07. The van der Waals surface area contributed by atoms with Crippen LogP contribution in [0.1, 0.15) is 13.8 Å². The van der Waals surface area contributed by atoms with Crippen LogP contribution in [0.3, 0.4) is 0 Å². The molecule has 0 amide bonds. The highest BCUT2D eigenvalue weighted by Crippen LogP contribution is 2.23. The highest BCUT2D eigenvalue weighted by atomic mass is 35.5. The zero-order valence-electron chi connectivity index (χ0n) is 11.5. The first-order valence-electron chi connectivity index (χ1n) is 6.02. The molecule has 3 N–H and O–H groups in total. The first kappa shape index (κ1) is 17.6. The largest absolute Gasteiger partial charge is 0.368 e. The minimum atomic E-state index is -3.55. The second kappa shape index (κ2) is 7.50. The summed E-state index contributed by atoms with van der Waals surface area (Å²) in [5, 5.41) is 13.4. The number of hydrogen-bond donors (Lipinski definition) is 3. The second-order valence-electron chi connectivity index (χ2n) is 4.38. The van der Waals surface area contributed by atoms with Crippen molar-refractivity contribution < 1.29 is 13.3 Å². The molecule has 0 saturated heterocycles. The summed E-state index contributed by atoms with van der Waals surface area (Å²) in [4.78, 5) is 13.7. The summed E-state index contributed by atoms with van der Waals surface area (Å²) in [6.45, 7) is 3.75. The number of rotatable bonds is 8. The molecule has 0 aliphatic rings. The van der Waals surface area contributed by atoms with Gasteiger partial charge >= 0.3 is 0 Å². The molecule has 21 heavy (non-hydrogen) atoms. The molecule has 9 nitrogen and oxygen atoms in total. The van der Waals surface area contributed by atoms with E-state index in [0.717, 1.165) is 6.20 Å². The fourth-order valence-electron chi connectivity index (χ4n) is 1.38. The van der Waals surface area contributed by atoms with Crippen LogP contribution in [0.4, 0.5) is 11.5 Å². The van der Waals surface area contributed by atoms with Crippen LogP contribution in [0.15, 0.2) is 12.3 Å². The maximum atomic E-state index is 11.5. The number of halogens is 1. The lowest BCUT2D eigenvalue weighted by molar-refractivity contribution is -0.385. The van der Waals surface area contributed by atoms with Crippen LogP contribution < -0.4 is 14.8 Å². The number of aromatic nitrogens is 1. The average Bonchev–Trinajstić information content (AvgIpc) is 2.34. The molecular weight excluding hydrogens is 322 g/mol. The Morgan fingerprint density at radius 1 is 1.43 bits per heavy atom. The molecular formula is C10H16ClN5O4S. The summed E-state index contributed by atoms with van der Waals surface area (Å²) in [5.41, 5.74) is -0.215. The maximum Gasteiger partial charge on any atom is 0.289 e. The van der Waals surface area contributed by atoms with E-state index in [1.165, 1.54) is 6.07 Å². The van der Waals surface area contributed by atoms with Crippen molar-refractivity contribution in [3.05, 3.63) is 27.4 Å². The lowest BCUT2D eigenvalue weighted by Gasteiger charge is -2.11. The van der Waals surface area contributed by atoms with Gasteiger partial charge in [0.15, 0.2) is 0 Å². The van der Waals surface area contributed by atoms with Crippen LogP contribution in [0.5, 0.6) is 0 Å². The van der Waals surface area contributed by atoms with E-state index >= 15 is 0 Å². The molecule has 0 radical (unpaired) electrons. The lowest BCUT2D eigenvalue weighted by atomic mass is 10.4. The first-order valence-corrected chi connectivity index (χ1v) is 7.88. The minimum Gasteiger partial charge on any atom is -0.368 e. The van der Waals surface area contributed by atoms with Crippen molar-refractivity contribution in [3.63, 3.8) is 0 Å². The highest BCUT2D eigenvalue weighted by Gasteiger charge is 2.12. The summed E-state index contributed by atoms with van der Waals surface area (Å²) in [5.74, 6) is 0.248. The van der Waals surface area contributed by atoms with Gasteiger partial charge in [0.25, 0.3) is 15.9 Å². The summed E-state index contributed by atoms with van der Waals surface area (Å²) < 4.78 is 27.6. The Morgan fingerprint density at radius 3 is 2.62 bits per heavy atom. The van der Waals surface area contributed by atoms with Gasteiger partial charge in [0.05, 0.1) is 9.95 Å². The van der Waals surface area contributed by atoms with Gasteiger partial charge in [-0.2, -0.15) is 13.1 Å². The summed E-state index contributed by atoms with van der Waals surface area (Å²) in [6, 6.07) is 0.961. The van der Waals surface area contributed by atoms with Gasteiger partial charge < -0.3 is 5.32 Å². The average molecular weight is 338 g/mol. The third-order valence-electron chi connectivity index (χ3n) is 2.14. The second-order valence-corrected chi connectivity index (χ2v) is 6.32. The van der Waals surface area contributed by atoms with Crippen molar-refractivity contribution in [2.45, 2.75) is 19.9 Å². The van der Waals surface area contributed by atoms with Crippen molar-refractivity contribution in [3.8, 4) is 0 Å². The van der Waals surface area contributed by atoms with Crippen LogP contribution in [0.2, 0.25) is 5.02 Å². The van der Waals surface area contributed by atoms with Gasteiger partial charge in [0, 0.05) is 25.2 Å². The van der Waals surface area contributed by atoms with E-state index < -0.39 is 15.1 Å². The highest BCUT2D eigenvalue weighted by molar-refractivity contribution is 7.87. The van der Waals surface area contributed by atoms with Gasteiger partial charge in [-0.3, -0.25) is 10.1 Å². The Labute approximate surface area is 127 Å². The fraction of sp³-hybridized carbons (Fsp3) is 0.500. The van der Waals surface area contributed by atoms with Gasteiger partial charge in [-0.1, -0.05) is 11.6 Å². The molecule has 0 unspecified atom stereocenters. The Kier molecular flexibility index (Phi) is 6.27. The Morgan fingerprint density at radius 2 is 2.10 bits per heavy atom. The van der Waals surface area contributed by atoms with Crippen molar-refractivity contribution in [2.24, 2.45) is 0 Å². The molecule has 0 aromatic carbocycles. The van der Waals surface area contributed by atoms with Crippen LogP contribution >= 0.6 is 11.6 Å². The van der Waals surface area contributed by atoms with Crippen LogP contribution in [0, 0.1) is 10.1 Å². The van der Waals surface area contributed by atoms with E-state index in [1.807, 2.05) is 0 Å². The maximum absolute atomic E-state index is 11.5. The zero-order chi connectivity index (χ0) is 16.0. The zero-order valence-corrected chi connectivity index (χ0v) is 13.0. The molecule has 0 spiro atoms. The normalized spacial score (nSPS) is 11.6. The molecule has 0 saturated carbocycles. The Balaban J connectivity index is 2.48. The van der Waals surface area contributed by atoms with Crippen LogP contribution in [0.25, 0.3) is 0 Å². The van der Waals surface area contributed by atoms with E-state index in [4.69, 9.17) is 11.6 Å². The SMILES string of the molecule is CC(C)NS(=O)(=O)NCCNc1ncc([N+](=O)[O-])cc1Cl. The number of nitrogens with zero attached hydrogens (tertiary/aromatic N) is 2. The van der Waals surface area contributed by atoms with Crippen molar-refractivity contribution in [2.75, 3.05) is 18.4 Å². The molecule has 1 aromatic heterocycles. The molecule has 0 aliphatic carbocycles. The summed E-state index contributed by atoms with van der Waals surface area (Å²) >= 11 is 5.83. The first-order chi connectivity index (χ1) is 9.71. The Bertz CT molecular complexity index is 607. The van der Waals surface area contributed by atoms with E-state index in [0.29, 0.717) is 0 Å². The molecule has 0 atom stereocenters. The molecule has 0 bridgehead atoms. The monoisotopic (exact) mass is 337 g/mol. The third-order valence-corrected chi connectivity index (χ3v) is 3.79. The molecule has 1 aromatic rings. The minimum absolute atomic E-state index is 0.0902. The van der Waals surface area contributed by atoms with Gasteiger partial charge in [-0.15, -0.1) is 0 Å². The number of pyridine rings is 1. The van der Waals surface area contributed by atoms with Crippen molar-refractivity contribution in [1.82, 2.24) is 14.4 Å². The van der Waals surface area contributed by atoms with Gasteiger partial charge in [0.2, 0.25) is 0 Å². The quantitative estimate of drug-likeness (QED) is 0.367. The Hall–Kier alpha value is -1.49. The molecule has 118 valence electrons. The van der Waals surface area contributed by atoms with Gasteiger partial charge in [-0.05, 0) is 13.8 Å². The molecule has 1 rings (SSSR count). The molecule has 0 fully saturated rings. The third kappa shape index (κ3) is 6.21. The predicted octanol–water partition coefficient (Wildman–Crippen LogP) is 0.888. The number of nitro groups is 1. The number of nitrogens with one attached hydrogen (secondary N) is 3. The number of anilines is 1. The standard InChI is InChI=1S/C10H16ClN5O4S/c1-7(2)15-21(19,20)14-4-3-12-10-9(11)5-8(6-13-10)16(17)18/h5-7,14-15H,3-4H2,1-2H3,(H,12,13). The molecule has 0 aliphatic heterocycles. The van der Waals surface area contributed by atoms with E-state index in [-0.39, 0.29) is 35.7 Å². The van der Waals surface area contributed by atoms with E-state index in [9.17, 15) is 18.5 Å². The van der Waals surface area contributed by atoms with Gasteiger partial charge in [-0.25, -0.2) is 9.71 Å². The summed E-state index contributed by atoms with van der Waals surface area (Å²) in [7, 11) is -3.55. The van der Waals surface area contributed by atoms with E-state index in [1.54, 1.807) is 13.8 Å². The molecule has 11 heteroatoms. The lowest BCUT2D eigenvalue weighted by Crippen LogP contribution is -2.41. The fourth-order valence-corrected chi connectivity index (χ4v) is 2.68. The smallest absolute Gasteiger partial charge is 0.289 e. The van der Waals surface area contributed by atoms with E-state index in [2.05, 4.69) is 19.7 Å². The van der Waals surface area contributed by atoms with Crippen molar-refractivity contribution >= 4 is 33.3 Å². The van der Waals surface area contributed by atoms with Crippen LogP contribution in [-0.2, 0) is 10.2 Å². The number of hydrogen-bond acceptors (Lipinski definition) is 6. The predicted molar refractivity (Wildman–Crippen MR) is 79.6 cm³/mol.